The van der Waals surface area contributed by atoms with Crippen LogP contribution in [-0.4, -0.2) is 91.6 Å². The first kappa shape index (κ1) is 49.2. The Balaban J connectivity index is 0.000000321. The molecule has 0 saturated heterocycles. The molecule has 0 saturated carbocycles. The van der Waals surface area contributed by atoms with Crippen molar-refractivity contribution in [2.45, 2.75) is 71.5 Å². The largest absolute Gasteiger partial charge is 0.494 e. The molecule has 0 amide bonds. The second-order valence-corrected chi connectivity index (χ2v) is 16.6. The highest BCUT2D eigenvalue weighted by atomic mass is 32.2. The molecule has 2 unspecified atom stereocenters. The Morgan fingerprint density at radius 2 is 0.967 bits per heavy atom. The van der Waals surface area contributed by atoms with E-state index in [0.717, 1.165) is 59.8 Å². The van der Waals surface area contributed by atoms with Crippen LogP contribution in [0.2, 0.25) is 0 Å². The highest BCUT2D eigenvalue weighted by Gasteiger charge is 2.21. The molecule has 0 aliphatic carbocycles. The van der Waals surface area contributed by atoms with Gasteiger partial charge in [0.15, 0.2) is 12.2 Å². The van der Waals surface area contributed by atoms with E-state index in [4.69, 9.17) is 37.2 Å². The van der Waals surface area contributed by atoms with E-state index in [9.17, 15) is 26.4 Å². The van der Waals surface area contributed by atoms with Crippen molar-refractivity contribution in [1.29, 1.82) is 0 Å². The fourth-order valence-corrected chi connectivity index (χ4v) is 6.63. The van der Waals surface area contributed by atoms with Gasteiger partial charge in [-0.25, -0.2) is 9.59 Å². The van der Waals surface area contributed by atoms with E-state index in [-0.39, 0.29) is 5.97 Å². The number of carboxylic acid groups (broad SMARTS) is 1. The molecule has 0 heterocycles. The van der Waals surface area contributed by atoms with Gasteiger partial charge in [-0.2, -0.15) is 16.8 Å². The predicted octanol–water partition coefficient (Wildman–Crippen LogP) is 6.62. The van der Waals surface area contributed by atoms with Crippen LogP contribution in [0.3, 0.4) is 0 Å². The Morgan fingerprint density at radius 1 is 0.550 bits per heavy atom. The van der Waals surface area contributed by atoms with Crippen LogP contribution >= 0.6 is 0 Å². The van der Waals surface area contributed by atoms with Crippen LogP contribution in [0.15, 0.2) is 97.1 Å². The van der Waals surface area contributed by atoms with Crippen LogP contribution in [0.25, 0.3) is 0 Å². The molecule has 0 spiro atoms. The fraction of sp³-hybridized carbons (Fsp3) is 0.409. The molecule has 328 valence electrons. The van der Waals surface area contributed by atoms with E-state index in [1.54, 1.807) is 62.4 Å². The summed E-state index contributed by atoms with van der Waals surface area (Å²) >= 11 is 0. The third-order valence-corrected chi connectivity index (χ3v) is 9.29. The van der Waals surface area contributed by atoms with Crippen LogP contribution < -0.4 is 17.8 Å². The minimum Gasteiger partial charge on any atom is -0.494 e. The lowest BCUT2D eigenvalue weighted by Crippen LogP contribution is -2.28. The van der Waals surface area contributed by atoms with Gasteiger partial charge in [0, 0.05) is 26.1 Å². The van der Waals surface area contributed by atoms with Crippen molar-refractivity contribution < 1.29 is 63.6 Å². The Morgan fingerprint density at radius 3 is 1.35 bits per heavy atom. The topological polar surface area (TPSA) is 187 Å². The molecule has 2 atom stereocenters. The zero-order valence-electron chi connectivity index (χ0n) is 34.7. The molecule has 0 bridgehead atoms. The first-order chi connectivity index (χ1) is 28.6. The van der Waals surface area contributed by atoms with E-state index in [1.165, 1.54) is 0 Å². The van der Waals surface area contributed by atoms with Crippen molar-refractivity contribution in [2.24, 2.45) is 0 Å². The van der Waals surface area contributed by atoms with Gasteiger partial charge in [-0.3, -0.25) is 0 Å². The summed E-state index contributed by atoms with van der Waals surface area (Å²) in [6.07, 6.45) is 4.27. The van der Waals surface area contributed by atoms with E-state index in [1.807, 2.05) is 55.5 Å². The molecule has 4 aromatic rings. The zero-order chi connectivity index (χ0) is 44.0. The lowest BCUT2D eigenvalue weighted by Gasteiger charge is -2.15. The first-order valence-electron chi connectivity index (χ1n) is 19.6. The van der Waals surface area contributed by atoms with Gasteiger partial charge >= 0.3 is 32.2 Å². The van der Waals surface area contributed by atoms with Gasteiger partial charge in [-0.1, -0.05) is 48.5 Å². The summed E-state index contributed by atoms with van der Waals surface area (Å²) in [6.45, 7) is 7.50. The van der Waals surface area contributed by atoms with Crippen LogP contribution in [0.5, 0.6) is 23.0 Å². The van der Waals surface area contributed by atoms with Crippen molar-refractivity contribution in [3.8, 4) is 23.0 Å². The molecule has 0 aromatic heterocycles. The third kappa shape index (κ3) is 20.2. The Labute approximate surface area is 353 Å². The van der Waals surface area contributed by atoms with Crippen LogP contribution in [0, 0.1) is 0 Å². The summed E-state index contributed by atoms with van der Waals surface area (Å²) in [5.74, 6) is 0.722. The molecule has 4 rings (SSSR count). The summed E-state index contributed by atoms with van der Waals surface area (Å²) in [7, 11) is -7.08. The van der Waals surface area contributed by atoms with E-state index in [0.29, 0.717) is 69.5 Å². The van der Waals surface area contributed by atoms with Gasteiger partial charge < -0.3 is 37.2 Å². The number of rotatable bonds is 25. The minimum atomic E-state index is -3.54. The van der Waals surface area contributed by atoms with Crippen LogP contribution in [0.4, 0.5) is 0 Å². The maximum Gasteiger partial charge on any atom is 0.335 e. The van der Waals surface area contributed by atoms with E-state index in [2.05, 4.69) is 0 Å². The molecule has 0 aliphatic rings. The SMILES string of the molecule is CCOC(=O)C(Cc1ccc(OCCCc2cccc(OS(C)(=O)=O)c2)cc1)OCC.CCOC(Cc1ccc(OCCCc2cccc(OS(C)(=O)=O)c2)cc1)C(=O)O. The van der Waals surface area contributed by atoms with Crippen molar-refractivity contribution >= 4 is 32.2 Å². The third-order valence-electron chi connectivity index (χ3n) is 8.30. The number of aryl methyl sites for hydroxylation is 2. The molecule has 1 N–H and O–H groups in total. The number of carbonyl (C=O) groups is 2. The van der Waals surface area contributed by atoms with Crippen molar-refractivity contribution in [2.75, 3.05) is 45.5 Å². The number of carboxylic acids is 1. The first-order valence-corrected chi connectivity index (χ1v) is 23.2. The highest BCUT2D eigenvalue weighted by molar-refractivity contribution is 7.86. The van der Waals surface area contributed by atoms with Gasteiger partial charge in [0.1, 0.15) is 23.0 Å². The molecule has 14 nitrogen and oxygen atoms in total. The van der Waals surface area contributed by atoms with Crippen molar-refractivity contribution in [1.82, 2.24) is 0 Å². The summed E-state index contributed by atoms with van der Waals surface area (Å²) in [5, 5.41) is 9.14. The summed E-state index contributed by atoms with van der Waals surface area (Å²) in [5.41, 5.74) is 3.75. The average molecular weight is 873 g/mol. The molecular formula is C44H56O14S2. The minimum absolute atomic E-state index is 0.299. The van der Waals surface area contributed by atoms with Crippen LogP contribution in [0.1, 0.15) is 55.9 Å². The Bertz CT molecular complexity index is 2120. The van der Waals surface area contributed by atoms with Crippen molar-refractivity contribution in [3.05, 3.63) is 119 Å². The van der Waals surface area contributed by atoms with Crippen LogP contribution in [-0.2, 0) is 69.7 Å². The maximum atomic E-state index is 12.0. The number of esters is 1. The predicted molar refractivity (Wildman–Crippen MR) is 227 cm³/mol. The summed E-state index contributed by atoms with van der Waals surface area (Å²) in [4.78, 5) is 23.1. The molecule has 4 aromatic carbocycles. The number of benzene rings is 4. The second-order valence-electron chi connectivity index (χ2n) is 13.4. The second kappa shape index (κ2) is 25.5. The molecule has 0 fully saturated rings. The van der Waals surface area contributed by atoms with Gasteiger partial charge in [0.05, 0.1) is 32.3 Å². The van der Waals surface area contributed by atoms with Crippen molar-refractivity contribution in [3.63, 3.8) is 0 Å². The monoisotopic (exact) mass is 872 g/mol. The molecular weight excluding hydrogens is 817 g/mol. The average Bonchev–Trinajstić information content (AvgIpc) is 3.18. The number of ether oxygens (including phenoxy) is 5. The number of carbonyl (C=O) groups excluding carboxylic acids is 1. The number of hydrogen-bond acceptors (Lipinski definition) is 13. The molecule has 0 aliphatic heterocycles. The van der Waals surface area contributed by atoms with Gasteiger partial charge in [-0.15, -0.1) is 0 Å². The highest BCUT2D eigenvalue weighted by Crippen LogP contribution is 2.20. The lowest BCUT2D eigenvalue weighted by molar-refractivity contribution is -0.156. The van der Waals surface area contributed by atoms with E-state index >= 15 is 0 Å². The van der Waals surface area contributed by atoms with E-state index < -0.39 is 38.4 Å². The number of hydrogen-bond donors (Lipinski definition) is 1. The standard InChI is InChI=1S/C23H30O7S.C21H26O7S/c1-4-27-22(23(24)28-5-2)17-19-11-13-20(14-12-19)29-15-7-9-18-8-6-10-21(16-18)30-31(3,25)26;1-3-26-20(21(22)23)15-17-9-11-18(12-10-17)27-13-5-7-16-6-4-8-19(14-16)28-29(2,24)25/h6,8,10-14,16,22H,4-5,7,9,15,17H2,1-3H3;4,6,8-12,14,20H,3,5,7,13,15H2,1-2H3,(H,22,23). The normalized spacial score (nSPS) is 12.3. The Hall–Kier alpha value is -5.16. The van der Waals surface area contributed by atoms with Gasteiger partial charge in [0.2, 0.25) is 0 Å². The quantitative estimate of drug-likeness (QED) is 0.0425. The smallest absolute Gasteiger partial charge is 0.335 e. The number of aliphatic carboxylic acids is 1. The Kier molecular flexibility index (Phi) is 20.9. The fourth-order valence-electron chi connectivity index (χ4n) is 5.72. The summed E-state index contributed by atoms with van der Waals surface area (Å²) in [6, 6.07) is 28.8. The summed E-state index contributed by atoms with van der Waals surface area (Å²) < 4.78 is 81.9. The molecule has 0 radical (unpaired) electrons. The van der Waals surface area contributed by atoms with Gasteiger partial charge in [0.25, 0.3) is 0 Å². The zero-order valence-corrected chi connectivity index (χ0v) is 36.4. The molecule has 60 heavy (non-hydrogen) atoms. The lowest BCUT2D eigenvalue weighted by atomic mass is 10.1. The maximum absolute atomic E-state index is 12.0. The van der Waals surface area contributed by atoms with Gasteiger partial charge in [-0.05, 0) is 117 Å². The molecule has 16 heteroatoms.